The fraction of sp³-hybridized carbons (Fsp3) is 0.300. The Morgan fingerprint density at radius 1 is 1.53 bits per heavy atom. The third-order valence-corrected chi connectivity index (χ3v) is 1.88. The maximum absolute atomic E-state index is 13.8. The van der Waals surface area contributed by atoms with Crippen molar-refractivity contribution in [3.05, 3.63) is 35.9 Å². The molecule has 0 fully saturated rings. The predicted octanol–water partition coefficient (Wildman–Crippen LogP) is 1.28. The van der Waals surface area contributed by atoms with Gasteiger partial charge in [0, 0.05) is 5.56 Å². The van der Waals surface area contributed by atoms with Crippen molar-refractivity contribution in [3.8, 4) is 0 Å². The maximum Gasteiger partial charge on any atom is 0.329 e. The number of hydrogen-bond donors (Lipinski definition) is 1. The number of nitrogens with two attached hydrogens (primary N) is 1. The van der Waals surface area contributed by atoms with E-state index in [0.717, 1.165) is 19.2 Å². The van der Waals surface area contributed by atoms with Crippen molar-refractivity contribution in [1.29, 1.82) is 0 Å². The summed E-state index contributed by atoms with van der Waals surface area (Å²) < 4.78 is 38.8. The monoisotopic (exact) mass is 216 g/mol. The molecule has 0 radical (unpaired) electrons. The summed E-state index contributed by atoms with van der Waals surface area (Å²) in [6, 6.07) is 3.34. The topological polar surface area (TPSA) is 52.3 Å². The number of rotatable bonds is 3. The van der Waals surface area contributed by atoms with Gasteiger partial charge in [0.1, 0.15) is 0 Å². The summed E-state index contributed by atoms with van der Waals surface area (Å²) in [5.41, 5.74) is 4.52. The van der Waals surface area contributed by atoms with Gasteiger partial charge in [-0.25, -0.2) is 0 Å². The van der Waals surface area contributed by atoms with E-state index in [2.05, 4.69) is 4.74 Å². The average molecular weight is 216 g/mol. The van der Waals surface area contributed by atoms with Crippen LogP contribution in [0.5, 0.6) is 0 Å². The molecule has 82 valence electrons. The van der Waals surface area contributed by atoms with Crippen LogP contribution in [0.25, 0.3) is 0 Å². The molecule has 0 saturated carbocycles. The minimum Gasteiger partial charge on any atom is -0.468 e. The van der Waals surface area contributed by atoms with E-state index in [4.69, 9.17) is 7.10 Å². The van der Waals surface area contributed by atoms with Crippen molar-refractivity contribution < 1.29 is 19.7 Å². The van der Waals surface area contributed by atoms with E-state index < -0.39 is 23.5 Å². The van der Waals surface area contributed by atoms with Gasteiger partial charge in [0.15, 0.2) is 6.02 Å². The van der Waals surface area contributed by atoms with Crippen molar-refractivity contribution in [2.45, 2.75) is 11.9 Å². The molecule has 0 aliphatic heterocycles. The molecule has 0 aliphatic carbocycles. The zero-order chi connectivity index (χ0) is 12.4. The minimum atomic E-state index is -3.82. The van der Waals surface area contributed by atoms with Gasteiger partial charge in [-0.3, -0.25) is 4.79 Å². The Bertz CT molecular complexity index is 382. The number of alkyl halides is 2. The smallest absolute Gasteiger partial charge is 0.329 e. The van der Waals surface area contributed by atoms with Gasteiger partial charge < -0.3 is 10.5 Å². The standard InChI is InChI=1S/C10H11F2NO2/c1-15-9(14)8(13)10(11,12)7-5-3-2-4-6-7/h2-6,8H,13H2,1H3/i8D. The van der Waals surface area contributed by atoms with Crippen molar-refractivity contribution in [2.24, 2.45) is 5.73 Å². The van der Waals surface area contributed by atoms with Gasteiger partial charge in [0.2, 0.25) is 0 Å². The third-order valence-electron chi connectivity index (χ3n) is 1.88. The van der Waals surface area contributed by atoms with E-state index in [1.165, 1.54) is 12.1 Å². The van der Waals surface area contributed by atoms with Gasteiger partial charge in [0.25, 0.3) is 5.92 Å². The lowest BCUT2D eigenvalue weighted by molar-refractivity contribution is -0.153. The lowest BCUT2D eigenvalue weighted by Crippen LogP contribution is -2.45. The maximum atomic E-state index is 13.8. The normalized spacial score (nSPS) is 16.4. The molecule has 1 aromatic rings. The Balaban J connectivity index is 3.16. The number of benzene rings is 1. The molecule has 1 aromatic carbocycles. The lowest BCUT2D eigenvalue weighted by Gasteiger charge is -2.21. The molecule has 1 unspecified atom stereocenters. The number of hydrogen-bond acceptors (Lipinski definition) is 3. The third kappa shape index (κ3) is 2.30. The molecule has 0 heterocycles. The van der Waals surface area contributed by atoms with Crippen molar-refractivity contribution in [1.82, 2.24) is 0 Å². The molecular weight excluding hydrogens is 204 g/mol. The highest BCUT2D eigenvalue weighted by Gasteiger charge is 2.44. The second-order valence-electron chi connectivity index (χ2n) is 2.85. The average Bonchev–Trinajstić information content (AvgIpc) is 2.28. The quantitative estimate of drug-likeness (QED) is 0.774. The Morgan fingerprint density at radius 3 is 2.53 bits per heavy atom. The fourth-order valence-corrected chi connectivity index (χ4v) is 1.04. The number of esters is 1. The van der Waals surface area contributed by atoms with Crippen LogP contribution in [0.1, 0.15) is 6.93 Å². The van der Waals surface area contributed by atoms with Gasteiger partial charge in [-0.2, -0.15) is 8.78 Å². The van der Waals surface area contributed by atoms with E-state index in [1.807, 2.05) is 0 Å². The van der Waals surface area contributed by atoms with Crippen LogP contribution in [0.3, 0.4) is 0 Å². The van der Waals surface area contributed by atoms with Gasteiger partial charge in [-0.15, -0.1) is 0 Å². The molecule has 0 saturated heterocycles. The molecular formula is C10H11F2NO2. The molecule has 0 spiro atoms. The molecule has 15 heavy (non-hydrogen) atoms. The van der Waals surface area contributed by atoms with E-state index in [1.54, 1.807) is 6.07 Å². The molecule has 2 N–H and O–H groups in total. The first-order valence-corrected chi connectivity index (χ1v) is 4.14. The molecule has 0 aromatic heterocycles. The second kappa shape index (κ2) is 4.35. The Hall–Kier alpha value is -1.49. The molecule has 0 bridgehead atoms. The molecule has 5 heteroatoms. The van der Waals surface area contributed by atoms with E-state index in [0.29, 0.717) is 0 Å². The lowest BCUT2D eigenvalue weighted by atomic mass is 10.0. The van der Waals surface area contributed by atoms with Crippen LogP contribution >= 0.6 is 0 Å². The number of methoxy groups -OCH3 is 1. The number of carbonyl (C=O) groups is 1. The van der Waals surface area contributed by atoms with E-state index >= 15 is 0 Å². The number of ether oxygens (including phenoxy) is 1. The first-order valence-electron chi connectivity index (χ1n) is 4.64. The second-order valence-corrected chi connectivity index (χ2v) is 2.85. The molecule has 0 amide bonds. The van der Waals surface area contributed by atoms with Gasteiger partial charge >= 0.3 is 5.97 Å². The number of halogens is 2. The summed E-state index contributed by atoms with van der Waals surface area (Å²) in [6.07, 6.45) is 0. The summed E-state index contributed by atoms with van der Waals surface area (Å²) in [7, 11) is 0.902. The van der Waals surface area contributed by atoms with Crippen LogP contribution in [0.4, 0.5) is 8.78 Å². The summed E-state index contributed by atoms with van der Waals surface area (Å²) in [4.78, 5) is 11.0. The van der Waals surface area contributed by atoms with E-state index in [-0.39, 0.29) is 0 Å². The van der Waals surface area contributed by atoms with Crippen molar-refractivity contribution >= 4 is 5.97 Å². The largest absolute Gasteiger partial charge is 0.468 e. The molecule has 3 nitrogen and oxygen atoms in total. The molecule has 1 rings (SSSR count). The van der Waals surface area contributed by atoms with Crippen molar-refractivity contribution in [2.75, 3.05) is 7.11 Å². The predicted molar refractivity (Wildman–Crippen MR) is 50.3 cm³/mol. The summed E-state index contributed by atoms with van der Waals surface area (Å²) >= 11 is 0. The highest BCUT2D eigenvalue weighted by molar-refractivity contribution is 5.77. The van der Waals surface area contributed by atoms with Crippen LogP contribution in [-0.4, -0.2) is 19.1 Å². The van der Waals surface area contributed by atoms with Crippen LogP contribution in [-0.2, 0) is 15.5 Å². The highest BCUT2D eigenvalue weighted by Crippen LogP contribution is 2.30. The zero-order valence-corrected chi connectivity index (χ0v) is 8.04. The highest BCUT2D eigenvalue weighted by atomic mass is 19.3. The first kappa shape index (κ1) is 10.0. The summed E-state index contributed by atoms with van der Waals surface area (Å²) in [5.74, 6) is -5.30. The Labute approximate surface area is 87.2 Å². The van der Waals surface area contributed by atoms with E-state index in [9.17, 15) is 13.6 Å². The molecule has 0 aliphatic rings. The Kier molecular flexibility index (Phi) is 2.91. The minimum absolute atomic E-state index is 0.502. The zero-order valence-electron chi connectivity index (χ0n) is 9.04. The fourth-order valence-electron chi connectivity index (χ4n) is 1.04. The Morgan fingerprint density at radius 2 is 2.07 bits per heavy atom. The van der Waals surface area contributed by atoms with Crippen LogP contribution < -0.4 is 5.73 Å². The molecule has 1 atom stereocenters. The first-order chi connectivity index (χ1) is 7.34. The van der Waals surface area contributed by atoms with Crippen LogP contribution in [0.2, 0.25) is 0 Å². The van der Waals surface area contributed by atoms with Gasteiger partial charge in [0.05, 0.1) is 8.48 Å². The summed E-state index contributed by atoms with van der Waals surface area (Å²) in [6.45, 7) is 0. The summed E-state index contributed by atoms with van der Waals surface area (Å²) in [5, 5.41) is 0. The van der Waals surface area contributed by atoms with Crippen LogP contribution in [0.15, 0.2) is 30.3 Å². The van der Waals surface area contributed by atoms with Gasteiger partial charge in [-0.05, 0) is 0 Å². The van der Waals surface area contributed by atoms with Crippen LogP contribution in [0, 0.1) is 0 Å². The van der Waals surface area contributed by atoms with Gasteiger partial charge in [-0.1, -0.05) is 30.3 Å². The van der Waals surface area contributed by atoms with Crippen molar-refractivity contribution in [3.63, 3.8) is 0 Å². The SMILES string of the molecule is [2H]C(N)(C(=O)OC)C(F)(F)c1ccccc1. The number of carbonyl (C=O) groups excluding carboxylic acids is 1.